The van der Waals surface area contributed by atoms with E-state index in [9.17, 15) is 38.6 Å². The van der Waals surface area contributed by atoms with Crippen molar-refractivity contribution >= 4 is 23.3 Å². The zero-order chi connectivity index (χ0) is 27.7. The van der Waals surface area contributed by atoms with E-state index >= 15 is 0 Å². The number of hydrogen-bond donors (Lipinski definition) is 2. The highest BCUT2D eigenvalue weighted by atomic mass is 19.1. The van der Waals surface area contributed by atoms with Crippen molar-refractivity contribution < 1.29 is 43.2 Å². The standard InChI is InChI=1S/C11H12FNO4.C7H4FNO4.C4H10O/c1-11(2,3)17-10(14)7-4-5-8(12)9(6-7)13(15)16;8-5-2-1-4(7(10)11)3-6(5)9(12)13;1-4(2,3)5/h4-6H,1-3H3;1-3H,(H,10,11);5H,1-3H3. The summed E-state index contributed by atoms with van der Waals surface area (Å²) in [4.78, 5) is 40.7. The molecule has 0 atom stereocenters. The largest absolute Gasteiger partial charge is 0.478 e. The van der Waals surface area contributed by atoms with Gasteiger partial charge >= 0.3 is 23.3 Å². The lowest BCUT2D eigenvalue weighted by atomic mass is 10.1. The number of halogens is 2. The van der Waals surface area contributed by atoms with Gasteiger partial charge in [-0.15, -0.1) is 0 Å². The molecular formula is C22H26F2N2O9. The van der Waals surface area contributed by atoms with Gasteiger partial charge in [0.2, 0.25) is 11.6 Å². The Morgan fingerprint density at radius 3 is 1.49 bits per heavy atom. The van der Waals surface area contributed by atoms with E-state index in [1.165, 1.54) is 0 Å². The summed E-state index contributed by atoms with van der Waals surface area (Å²) in [6.45, 7) is 10.2. The third-order valence-corrected chi connectivity index (χ3v) is 3.17. The van der Waals surface area contributed by atoms with Gasteiger partial charge < -0.3 is 14.9 Å². The van der Waals surface area contributed by atoms with E-state index < -0.39 is 56.0 Å². The van der Waals surface area contributed by atoms with Crippen molar-refractivity contribution in [3.05, 3.63) is 79.4 Å². The number of carboxylic acid groups (broad SMARTS) is 1. The lowest BCUT2D eigenvalue weighted by molar-refractivity contribution is -0.387. The van der Waals surface area contributed by atoms with Gasteiger partial charge in [0.25, 0.3) is 0 Å². The molecule has 0 unspecified atom stereocenters. The van der Waals surface area contributed by atoms with E-state index in [-0.39, 0.29) is 11.1 Å². The van der Waals surface area contributed by atoms with Gasteiger partial charge in [-0.3, -0.25) is 20.2 Å². The fraction of sp³-hybridized carbons (Fsp3) is 0.364. The number of aliphatic hydroxyl groups is 1. The number of esters is 1. The van der Waals surface area contributed by atoms with E-state index in [0.29, 0.717) is 6.07 Å². The molecule has 0 fully saturated rings. The monoisotopic (exact) mass is 500 g/mol. The highest BCUT2D eigenvalue weighted by Gasteiger charge is 2.22. The molecule has 13 heteroatoms. The second-order valence-electron chi connectivity index (χ2n) is 8.82. The number of carboxylic acids is 1. The summed E-state index contributed by atoms with van der Waals surface area (Å²) in [5.41, 5.74) is -3.14. The number of carbonyl (C=O) groups is 2. The highest BCUT2D eigenvalue weighted by Crippen LogP contribution is 2.21. The topological polar surface area (TPSA) is 170 Å². The first kappa shape index (κ1) is 31.0. The summed E-state index contributed by atoms with van der Waals surface area (Å²) in [6.07, 6.45) is 0. The third-order valence-electron chi connectivity index (χ3n) is 3.17. The van der Waals surface area contributed by atoms with Gasteiger partial charge in [0.1, 0.15) is 5.60 Å². The van der Waals surface area contributed by atoms with Crippen LogP contribution in [0.2, 0.25) is 0 Å². The average molecular weight is 500 g/mol. The molecule has 2 aromatic carbocycles. The minimum atomic E-state index is -1.33. The van der Waals surface area contributed by atoms with Crippen LogP contribution in [0.5, 0.6) is 0 Å². The van der Waals surface area contributed by atoms with Crippen LogP contribution in [0.4, 0.5) is 20.2 Å². The summed E-state index contributed by atoms with van der Waals surface area (Å²) in [7, 11) is 0. The number of nitro benzene ring substituents is 2. The van der Waals surface area contributed by atoms with Crippen LogP contribution < -0.4 is 0 Å². The summed E-state index contributed by atoms with van der Waals surface area (Å²) in [5, 5.41) is 37.6. The molecule has 2 N–H and O–H groups in total. The highest BCUT2D eigenvalue weighted by molar-refractivity contribution is 5.90. The summed E-state index contributed by atoms with van der Waals surface area (Å²) in [6, 6.07) is 5.28. The first-order valence-electron chi connectivity index (χ1n) is 9.80. The second kappa shape index (κ2) is 12.5. The molecule has 11 nitrogen and oxygen atoms in total. The maximum absolute atomic E-state index is 13.0. The summed E-state index contributed by atoms with van der Waals surface area (Å²) < 4.78 is 30.7. The fourth-order valence-electron chi connectivity index (χ4n) is 1.90. The lowest BCUT2D eigenvalue weighted by Gasteiger charge is -2.19. The zero-order valence-corrected chi connectivity index (χ0v) is 19.9. The van der Waals surface area contributed by atoms with Crippen LogP contribution in [0.25, 0.3) is 0 Å². The predicted molar refractivity (Wildman–Crippen MR) is 120 cm³/mol. The number of carbonyl (C=O) groups excluding carboxylic acids is 1. The van der Waals surface area contributed by atoms with Gasteiger partial charge in [0.05, 0.1) is 26.6 Å². The molecule has 192 valence electrons. The minimum Gasteiger partial charge on any atom is -0.478 e. The molecule has 2 aromatic rings. The minimum absolute atomic E-state index is 0.0481. The molecule has 0 radical (unpaired) electrons. The van der Waals surface area contributed by atoms with Gasteiger partial charge in [-0.25, -0.2) is 9.59 Å². The quantitative estimate of drug-likeness (QED) is 0.337. The second-order valence-corrected chi connectivity index (χ2v) is 8.82. The number of ether oxygens (including phenoxy) is 1. The number of nitro groups is 2. The number of aromatic carboxylic acids is 1. The first-order valence-corrected chi connectivity index (χ1v) is 9.80. The Morgan fingerprint density at radius 2 is 1.17 bits per heavy atom. The molecule has 0 amide bonds. The molecule has 0 spiro atoms. The molecule has 0 bridgehead atoms. The Morgan fingerprint density at radius 1 is 0.829 bits per heavy atom. The molecule has 0 saturated heterocycles. The lowest BCUT2D eigenvalue weighted by Crippen LogP contribution is -2.23. The first-order chi connectivity index (χ1) is 15.7. The van der Waals surface area contributed by atoms with Crippen LogP contribution in [-0.4, -0.2) is 43.2 Å². The van der Waals surface area contributed by atoms with Crippen LogP contribution in [-0.2, 0) is 4.74 Å². The smallest absolute Gasteiger partial charge is 0.338 e. The molecule has 0 heterocycles. The Labute approximate surface area is 199 Å². The molecule has 2 rings (SSSR count). The van der Waals surface area contributed by atoms with Crippen molar-refractivity contribution in [2.75, 3.05) is 0 Å². The number of benzene rings is 2. The van der Waals surface area contributed by atoms with Crippen molar-refractivity contribution in [3.8, 4) is 0 Å². The zero-order valence-electron chi connectivity index (χ0n) is 19.9. The number of hydrogen-bond acceptors (Lipinski definition) is 8. The van der Waals surface area contributed by atoms with Gasteiger partial charge in [-0.1, -0.05) is 0 Å². The van der Waals surface area contributed by atoms with Crippen molar-refractivity contribution in [2.45, 2.75) is 52.7 Å². The predicted octanol–water partition coefficient (Wildman–Crippen LogP) is 4.90. The van der Waals surface area contributed by atoms with Crippen LogP contribution in [0, 0.1) is 31.9 Å². The number of rotatable bonds is 4. The van der Waals surface area contributed by atoms with Crippen LogP contribution in [0.15, 0.2) is 36.4 Å². The van der Waals surface area contributed by atoms with Crippen molar-refractivity contribution in [3.63, 3.8) is 0 Å². The molecule has 0 aliphatic rings. The average Bonchev–Trinajstić information content (AvgIpc) is 2.65. The molecule has 0 aromatic heterocycles. The van der Waals surface area contributed by atoms with E-state index in [0.717, 1.165) is 30.3 Å². The van der Waals surface area contributed by atoms with Gasteiger partial charge in [-0.2, -0.15) is 8.78 Å². The summed E-state index contributed by atoms with van der Waals surface area (Å²) in [5.74, 6) is -4.08. The van der Waals surface area contributed by atoms with Crippen molar-refractivity contribution in [1.29, 1.82) is 0 Å². The Hall–Kier alpha value is -4.00. The van der Waals surface area contributed by atoms with Crippen molar-refractivity contribution in [1.82, 2.24) is 0 Å². The maximum atomic E-state index is 13.0. The Bertz CT molecular complexity index is 1090. The SMILES string of the molecule is CC(C)(C)O.CC(C)(C)OC(=O)c1ccc(F)c([N+](=O)[O-])c1.O=C(O)c1ccc(F)c([N+](=O)[O-])c1. The molecule has 0 aliphatic carbocycles. The molecule has 35 heavy (non-hydrogen) atoms. The van der Waals surface area contributed by atoms with Crippen LogP contribution in [0.3, 0.4) is 0 Å². The van der Waals surface area contributed by atoms with Gasteiger partial charge in [-0.05, 0) is 65.8 Å². The van der Waals surface area contributed by atoms with Crippen LogP contribution in [0.1, 0.15) is 62.3 Å². The van der Waals surface area contributed by atoms with Crippen LogP contribution >= 0.6 is 0 Å². The fourth-order valence-corrected chi connectivity index (χ4v) is 1.90. The maximum Gasteiger partial charge on any atom is 0.338 e. The Kier molecular flexibility index (Phi) is 11.0. The molecular weight excluding hydrogens is 474 g/mol. The summed E-state index contributed by atoms with van der Waals surface area (Å²) >= 11 is 0. The Balaban J connectivity index is 0.000000567. The van der Waals surface area contributed by atoms with E-state index in [4.69, 9.17) is 14.9 Å². The van der Waals surface area contributed by atoms with Gasteiger partial charge in [0.15, 0.2) is 0 Å². The third kappa shape index (κ3) is 12.7. The molecule has 0 aliphatic heterocycles. The molecule has 0 saturated carbocycles. The number of nitrogens with zero attached hydrogens (tertiary/aromatic N) is 2. The van der Waals surface area contributed by atoms with Crippen molar-refractivity contribution in [2.24, 2.45) is 0 Å². The van der Waals surface area contributed by atoms with E-state index in [1.54, 1.807) is 41.5 Å². The van der Waals surface area contributed by atoms with Gasteiger partial charge in [0, 0.05) is 12.1 Å². The normalized spacial score (nSPS) is 10.7. The van der Waals surface area contributed by atoms with E-state index in [1.807, 2.05) is 0 Å². The van der Waals surface area contributed by atoms with E-state index in [2.05, 4.69) is 0 Å².